The maximum Gasteiger partial charge on any atom is 0.295 e. The first-order valence-electron chi connectivity index (χ1n) is 11.9. The van der Waals surface area contributed by atoms with Crippen LogP contribution in [0.3, 0.4) is 0 Å². The molecule has 0 spiro atoms. The van der Waals surface area contributed by atoms with Crippen LogP contribution in [0, 0.1) is 5.82 Å². The fourth-order valence-corrected chi connectivity index (χ4v) is 5.62. The third kappa shape index (κ3) is 4.93. The van der Waals surface area contributed by atoms with Crippen LogP contribution in [0.15, 0.2) is 59.0 Å². The average molecular weight is 516 g/mol. The quantitative estimate of drug-likeness (QED) is 0.346. The molecule has 2 aliphatic heterocycles. The summed E-state index contributed by atoms with van der Waals surface area (Å²) in [6.07, 6.45) is 3.29. The second-order valence-electron chi connectivity index (χ2n) is 9.23. The molecule has 36 heavy (non-hydrogen) atoms. The zero-order valence-corrected chi connectivity index (χ0v) is 21.2. The molecular weight excluding hydrogens is 485 g/mol. The number of hydrogen-bond donors (Lipinski definition) is 1. The van der Waals surface area contributed by atoms with Crippen LogP contribution >= 0.6 is 0 Å². The maximum absolute atomic E-state index is 14.9. The monoisotopic (exact) mass is 515 g/mol. The van der Waals surface area contributed by atoms with Gasteiger partial charge in [0.2, 0.25) is 10.0 Å². The van der Waals surface area contributed by atoms with Crippen LogP contribution < -0.4 is 0 Å². The summed E-state index contributed by atoms with van der Waals surface area (Å²) in [6.45, 7) is 2.54. The van der Waals surface area contributed by atoms with Gasteiger partial charge in [-0.1, -0.05) is 24.6 Å². The van der Waals surface area contributed by atoms with E-state index in [-0.39, 0.29) is 28.1 Å². The molecule has 2 aromatic carbocycles. The predicted molar refractivity (Wildman–Crippen MR) is 133 cm³/mol. The molecule has 192 valence electrons. The molecule has 10 heteroatoms. The van der Waals surface area contributed by atoms with Crippen LogP contribution in [-0.4, -0.2) is 79.6 Å². The molecule has 0 bridgehead atoms. The lowest BCUT2D eigenvalue weighted by atomic mass is 9.95. The van der Waals surface area contributed by atoms with Crippen LogP contribution in [0.25, 0.3) is 5.76 Å². The van der Waals surface area contributed by atoms with Crippen LogP contribution in [0.5, 0.6) is 0 Å². The molecule has 4 rings (SSSR count). The molecule has 1 atom stereocenters. The molecular formula is C26H30FN3O5S. The first-order valence-corrected chi connectivity index (χ1v) is 13.3. The molecule has 0 aromatic heterocycles. The minimum Gasteiger partial charge on any atom is -0.507 e. The van der Waals surface area contributed by atoms with Crippen molar-refractivity contribution in [1.82, 2.24) is 14.1 Å². The number of likely N-dealkylation sites (tertiary alicyclic amines) is 2. The van der Waals surface area contributed by atoms with Crippen molar-refractivity contribution in [3.63, 3.8) is 0 Å². The summed E-state index contributed by atoms with van der Waals surface area (Å²) in [5, 5.41) is 11.2. The molecule has 0 saturated carbocycles. The number of carbonyl (C=O) groups is 2. The van der Waals surface area contributed by atoms with Crippen LogP contribution in [0.1, 0.15) is 36.4 Å². The van der Waals surface area contributed by atoms with E-state index in [1.165, 1.54) is 61.5 Å². The lowest BCUT2D eigenvalue weighted by molar-refractivity contribution is -0.140. The van der Waals surface area contributed by atoms with E-state index >= 15 is 0 Å². The number of ketones is 1. The number of amides is 1. The Morgan fingerprint density at radius 3 is 2.25 bits per heavy atom. The molecule has 0 unspecified atom stereocenters. The van der Waals surface area contributed by atoms with E-state index in [1.807, 2.05) is 0 Å². The van der Waals surface area contributed by atoms with Gasteiger partial charge in [0.25, 0.3) is 11.7 Å². The smallest absolute Gasteiger partial charge is 0.295 e. The maximum atomic E-state index is 14.9. The minimum absolute atomic E-state index is 0.0108. The van der Waals surface area contributed by atoms with E-state index in [4.69, 9.17) is 0 Å². The molecule has 0 aliphatic carbocycles. The normalized spacial score (nSPS) is 20.9. The highest BCUT2D eigenvalue weighted by molar-refractivity contribution is 7.89. The molecule has 2 fully saturated rings. The van der Waals surface area contributed by atoms with Gasteiger partial charge in [-0.05, 0) is 56.3 Å². The highest BCUT2D eigenvalue weighted by Crippen LogP contribution is 2.40. The highest BCUT2D eigenvalue weighted by atomic mass is 32.2. The summed E-state index contributed by atoms with van der Waals surface area (Å²) < 4.78 is 40.8. The molecule has 8 nitrogen and oxygen atoms in total. The summed E-state index contributed by atoms with van der Waals surface area (Å²) in [7, 11) is -0.881. The van der Waals surface area contributed by atoms with Gasteiger partial charge in [-0.2, -0.15) is 0 Å². The van der Waals surface area contributed by atoms with Gasteiger partial charge in [0.05, 0.1) is 16.5 Å². The van der Waals surface area contributed by atoms with Crippen molar-refractivity contribution < 1.29 is 27.5 Å². The molecule has 2 heterocycles. The number of hydrogen-bond acceptors (Lipinski definition) is 6. The topological polar surface area (TPSA) is 98.2 Å². The minimum atomic E-state index is -3.69. The Bertz CT molecular complexity index is 1280. The van der Waals surface area contributed by atoms with Gasteiger partial charge in [0.1, 0.15) is 11.6 Å². The number of piperidine rings is 1. The van der Waals surface area contributed by atoms with Gasteiger partial charge >= 0.3 is 0 Å². The number of aliphatic hydroxyl groups excluding tert-OH is 1. The number of halogens is 1. The zero-order valence-electron chi connectivity index (χ0n) is 20.4. The fraction of sp³-hybridized carbons (Fsp3) is 0.385. The first kappa shape index (κ1) is 26.0. The number of aliphatic hydroxyl groups is 1. The van der Waals surface area contributed by atoms with Crippen molar-refractivity contribution in [2.75, 3.05) is 40.3 Å². The molecule has 1 N–H and O–H groups in total. The lowest BCUT2D eigenvalue weighted by Gasteiger charge is -2.31. The van der Waals surface area contributed by atoms with Gasteiger partial charge in [-0.15, -0.1) is 0 Å². The predicted octanol–water partition coefficient (Wildman–Crippen LogP) is 2.98. The molecule has 0 radical (unpaired) electrons. The van der Waals surface area contributed by atoms with Gasteiger partial charge in [-0.3, -0.25) is 9.59 Å². The molecule has 2 aliphatic rings. The standard InChI is InChI=1S/C26H30FN3O5S/c1-28(2)36(34,35)19-12-10-18(11-13-19)24(31)22-23(20-8-4-5-9-21(20)27)30(26(33)25(22)32)17-16-29-14-6-3-7-15-29/h4-5,8-13,23,31H,3,6-7,14-17H2,1-2H3/t23-/m1/s1. The van der Waals surface area contributed by atoms with Gasteiger partial charge < -0.3 is 14.9 Å². The van der Waals surface area contributed by atoms with Crippen LogP contribution in [-0.2, 0) is 19.6 Å². The molecule has 2 saturated heterocycles. The summed E-state index contributed by atoms with van der Waals surface area (Å²) in [4.78, 5) is 29.8. The second-order valence-corrected chi connectivity index (χ2v) is 11.4. The Morgan fingerprint density at radius 2 is 1.64 bits per heavy atom. The van der Waals surface area contributed by atoms with Crippen LogP contribution in [0.2, 0.25) is 0 Å². The van der Waals surface area contributed by atoms with Crippen molar-refractivity contribution >= 4 is 27.5 Å². The third-order valence-electron chi connectivity index (χ3n) is 6.75. The molecule has 1 amide bonds. The van der Waals surface area contributed by atoms with E-state index in [0.29, 0.717) is 6.54 Å². The summed E-state index contributed by atoms with van der Waals surface area (Å²) in [5.74, 6) is -2.76. The number of carbonyl (C=O) groups excluding carboxylic acids is 2. The number of rotatable bonds is 7. The van der Waals surface area contributed by atoms with Gasteiger partial charge in [0.15, 0.2) is 0 Å². The summed E-state index contributed by atoms with van der Waals surface area (Å²) in [6, 6.07) is 10.1. The largest absolute Gasteiger partial charge is 0.507 e. The number of nitrogens with zero attached hydrogens (tertiary/aromatic N) is 3. The lowest BCUT2D eigenvalue weighted by Crippen LogP contribution is -2.40. The second kappa shape index (κ2) is 10.5. The SMILES string of the molecule is CN(C)S(=O)(=O)c1ccc(C(O)=C2C(=O)C(=O)N(CCN3CCCCC3)[C@@H]2c2ccccc2F)cc1. The van der Waals surface area contributed by atoms with Gasteiger partial charge in [0, 0.05) is 38.3 Å². The fourth-order valence-electron chi connectivity index (χ4n) is 4.71. The Labute approximate surface area is 210 Å². The Hall–Kier alpha value is -3.08. The average Bonchev–Trinajstić information content (AvgIpc) is 3.12. The van der Waals surface area contributed by atoms with Crippen molar-refractivity contribution in [2.24, 2.45) is 0 Å². The highest BCUT2D eigenvalue weighted by Gasteiger charge is 2.46. The Balaban J connectivity index is 1.74. The van der Waals surface area contributed by atoms with Crippen molar-refractivity contribution in [2.45, 2.75) is 30.2 Å². The Kier molecular flexibility index (Phi) is 7.58. The van der Waals surface area contributed by atoms with Crippen molar-refractivity contribution in [3.05, 3.63) is 71.0 Å². The summed E-state index contributed by atoms with van der Waals surface area (Å²) in [5.41, 5.74) is 0.0544. The van der Waals surface area contributed by atoms with E-state index in [9.17, 15) is 27.5 Å². The van der Waals surface area contributed by atoms with Crippen molar-refractivity contribution in [3.8, 4) is 0 Å². The van der Waals surface area contributed by atoms with Gasteiger partial charge in [-0.25, -0.2) is 17.1 Å². The van der Waals surface area contributed by atoms with E-state index < -0.39 is 39.3 Å². The van der Waals surface area contributed by atoms with E-state index in [0.717, 1.165) is 36.7 Å². The van der Waals surface area contributed by atoms with E-state index in [2.05, 4.69) is 4.90 Å². The van der Waals surface area contributed by atoms with Crippen LogP contribution in [0.4, 0.5) is 4.39 Å². The number of sulfonamides is 1. The third-order valence-corrected chi connectivity index (χ3v) is 8.58. The van der Waals surface area contributed by atoms with Crippen molar-refractivity contribution in [1.29, 1.82) is 0 Å². The Morgan fingerprint density at radius 1 is 1.00 bits per heavy atom. The molecule has 2 aromatic rings. The number of benzene rings is 2. The zero-order chi connectivity index (χ0) is 26.0. The van der Waals surface area contributed by atoms with E-state index in [1.54, 1.807) is 6.07 Å². The first-order chi connectivity index (χ1) is 17.1. The number of Topliss-reactive ketones (excluding diaryl/α,β-unsaturated/α-hetero) is 1. The summed E-state index contributed by atoms with van der Waals surface area (Å²) >= 11 is 0.